The minimum absolute atomic E-state index is 0.0479. The van der Waals surface area contributed by atoms with Gasteiger partial charge in [0.15, 0.2) is 0 Å². The molecular formula is C13H26O2. The summed E-state index contributed by atoms with van der Waals surface area (Å²) in [6, 6.07) is 0. The first-order valence-corrected chi connectivity index (χ1v) is 6.03. The van der Waals surface area contributed by atoms with Crippen LogP contribution in [0.3, 0.4) is 0 Å². The van der Waals surface area contributed by atoms with Crippen LogP contribution in [0.25, 0.3) is 0 Å². The standard InChI is InChI=1S/C13H26O2/c1-6-11(2)12(14)15-10-8-7-9-13(3,4)5/h11H,6-10H2,1-5H3. The Morgan fingerprint density at radius 3 is 2.33 bits per heavy atom. The molecule has 90 valence electrons. The van der Waals surface area contributed by atoms with Gasteiger partial charge in [-0.3, -0.25) is 4.79 Å². The van der Waals surface area contributed by atoms with Crippen LogP contribution < -0.4 is 0 Å². The van der Waals surface area contributed by atoms with Crippen LogP contribution in [0.1, 0.15) is 60.3 Å². The topological polar surface area (TPSA) is 26.3 Å². The highest BCUT2D eigenvalue weighted by atomic mass is 16.5. The summed E-state index contributed by atoms with van der Waals surface area (Å²) in [7, 11) is 0. The molecule has 0 fully saturated rings. The van der Waals surface area contributed by atoms with Crippen LogP contribution in [-0.4, -0.2) is 12.6 Å². The molecule has 0 rings (SSSR count). The summed E-state index contributed by atoms with van der Waals surface area (Å²) in [5, 5.41) is 0. The first kappa shape index (κ1) is 14.5. The number of hydrogen-bond acceptors (Lipinski definition) is 2. The Balaban J connectivity index is 3.43. The molecule has 0 bridgehead atoms. The van der Waals surface area contributed by atoms with Crippen LogP contribution in [0.5, 0.6) is 0 Å². The number of ether oxygens (including phenoxy) is 1. The third-order valence-corrected chi connectivity index (χ3v) is 2.58. The van der Waals surface area contributed by atoms with Crippen LogP contribution in [0.2, 0.25) is 0 Å². The Bertz CT molecular complexity index is 179. The van der Waals surface area contributed by atoms with E-state index in [1.807, 2.05) is 13.8 Å². The number of unbranched alkanes of at least 4 members (excludes halogenated alkanes) is 1. The molecule has 2 nitrogen and oxygen atoms in total. The summed E-state index contributed by atoms with van der Waals surface area (Å²) < 4.78 is 5.17. The van der Waals surface area contributed by atoms with E-state index in [1.165, 1.54) is 6.42 Å². The molecule has 0 aromatic rings. The summed E-state index contributed by atoms with van der Waals surface area (Å²) in [4.78, 5) is 11.3. The average molecular weight is 214 g/mol. The Morgan fingerprint density at radius 2 is 1.87 bits per heavy atom. The molecular weight excluding hydrogens is 188 g/mol. The maximum absolute atomic E-state index is 11.3. The molecule has 2 heteroatoms. The minimum atomic E-state index is -0.0479. The van der Waals surface area contributed by atoms with Gasteiger partial charge in [0.2, 0.25) is 0 Å². The molecule has 0 aromatic carbocycles. The second-order valence-corrected chi connectivity index (χ2v) is 5.49. The van der Waals surface area contributed by atoms with Crippen LogP contribution in [0, 0.1) is 11.3 Å². The van der Waals surface area contributed by atoms with Gasteiger partial charge in [-0.25, -0.2) is 0 Å². The maximum atomic E-state index is 11.3. The van der Waals surface area contributed by atoms with E-state index >= 15 is 0 Å². The Labute approximate surface area is 94.4 Å². The van der Waals surface area contributed by atoms with Gasteiger partial charge in [-0.1, -0.05) is 34.6 Å². The predicted molar refractivity (Wildman–Crippen MR) is 63.7 cm³/mol. The molecule has 0 radical (unpaired) electrons. The van der Waals surface area contributed by atoms with Gasteiger partial charge < -0.3 is 4.74 Å². The van der Waals surface area contributed by atoms with Crippen molar-refractivity contribution in [3.63, 3.8) is 0 Å². The van der Waals surface area contributed by atoms with Gasteiger partial charge in [0, 0.05) is 0 Å². The van der Waals surface area contributed by atoms with Gasteiger partial charge in [-0.2, -0.15) is 0 Å². The molecule has 0 spiro atoms. The molecule has 0 aliphatic carbocycles. The van der Waals surface area contributed by atoms with E-state index in [-0.39, 0.29) is 11.9 Å². The zero-order chi connectivity index (χ0) is 11.9. The molecule has 0 saturated heterocycles. The third kappa shape index (κ3) is 8.46. The predicted octanol–water partition coefficient (Wildman–Crippen LogP) is 3.79. The van der Waals surface area contributed by atoms with Gasteiger partial charge in [-0.05, 0) is 31.1 Å². The quantitative estimate of drug-likeness (QED) is 0.496. The van der Waals surface area contributed by atoms with E-state index in [4.69, 9.17) is 4.74 Å². The lowest BCUT2D eigenvalue weighted by Gasteiger charge is -2.17. The Morgan fingerprint density at radius 1 is 1.27 bits per heavy atom. The summed E-state index contributed by atoms with van der Waals surface area (Å²) in [6.07, 6.45) is 4.17. The lowest BCUT2D eigenvalue weighted by molar-refractivity contribution is -0.148. The number of esters is 1. The SMILES string of the molecule is CCC(C)C(=O)OCCCCC(C)(C)C. The molecule has 0 aliphatic rings. The number of rotatable bonds is 6. The minimum Gasteiger partial charge on any atom is -0.465 e. The molecule has 0 amide bonds. The van der Waals surface area contributed by atoms with E-state index in [0.717, 1.165) is 19.3 Å². The molecule has 0 aromatic heterocycles. The molecule has 0 saturated carbocycles. The maximum Gasteiger partial charge on any atom is 0.308 e. The molecule has 15 heavy (non-hydrogen) atoms. The van der Waals surface area contributed by atoms with Crippen LogP contribution in [0.4, 0.5) is 0 Å². The van der Waals surface area contributed by atoms with E-state index in [9.17, 15) is 4.79 Å². The first-order chi connectivity index (χ1) is 6.87. The second kappa shape index (κ2) is 6.86. The fourth-order valence-corrected chi connectivity index (χ4v) is 1.24. The van der Waals surface area contributed by atoms with Crippen molar-refractivity contribution in [1.29, 1.82) is 0 Å². The van der Waals surface area contributed by atoms with Crippen molar-refractivity contribution < 1.29 is 9.53 Å². The summed E-state index contributed by atoms with van der Waals surface area (Å²) in [6.45, 7) is 11.2. The lowest BCUT2D eigenvalue weighted by atomic mass is 9.90. The van der Waals surface area contributed by atoms with Crippen LogP contribution >= 0.6 is 0 Å². The first-order valence-electron chi connectivity index (χ1n) is 6.03. The number of carbonyl (C=O) groups excluding carboxylic acids is 1. The molecule has 0 N–H and O–H groups in total. The van der Waals surface area contributed by atoms with Gasteiger partial charge in [-0.15, -0.1) is 0 Å². The smallest absolute Gasteiger partial charge is 0.308 e. The Kier molecular flexibility index (Phi) is 6.62. The molecule has 0 heterocycles. The summed E-state index contributed by atoms with van der Waals surface area (Å²) >= 11 is 0. The second-order valence-electron chi connectivity index (χ2n) is 5.49. The highest BCUT2D eigenvalue weighted by Gasteiger charge is 2.12. The van der Waals surface area contributed by atoms with Crippen molar-refractivity contribution >= 4 is 5.97 Å². The lowest BCUT2D eigenvalue weighted by Crippen LogP contribution is -2.15. The van der Waals surface area contributed by atoms with Crippen molar-refractivity contribution in [3.05, 3.63) is 0 Å². The van der Waals surface area contributed by atoms with Gasteiger partial charge >= 0.3 is 5.97 Å². The van der Waals surface area contributed by atoms with Crippen molar-refractivity contribution in [2.45, 2.75) is 60.3 Å². The molecule has 1 atom stereocenters. The summed E-state index contributed by atoms with van der Waals surface area (Å²) in [5.74, 6) is 0.000810. The Hall–Kier alpha value is -0.530. The number of hydrogen-bond donors (Lipinski definition) is 0. The monoisotopic (exact) mass is 214 g/mol. The third-order valence-electron chi connectivity index (χ3n) is 2.58. The van der Waals surface area contributed by atoms with Crippen LogP contribution in [-0.2, 0) is 9.53 Å². The highest BCUT2D eigenvalue weighted by Crippen LogP contribution is 2.21. The molecule has 0 aliphatic heterocycles. The zero-order valence-electron chi connectivity index (χ0n) is 10.9. The molecule has 1 unspecified atom stereocenters. The van der Waals surface area contributed by atoms with Crippen molar-refractivity contribution in [2.24, 2.45) is 11.3 Å². The van der Waals surface area contributed by atoms with Crippen molar-refractivity contribution in [1.82, 2.24) is 0 Å². The van der Waals surface area contributed by atoms with Crippen molar-refractivity contribution in [2.75, 3.05) is 6.61 Å². The van der Waals surface area contributed by atoms with E-state index in [1.54, 1.807) is 0 Å². The zero-order valence-corrected chi connectivity index (χ0v) is 10.9. The summed E-state index contributed by atoms with van der Waals surface area (Å²) in [5.41, 5.74) is 0.390. The van der Waals surface area contributed by atoms with E-state index < -0.39 is 0 Å². The fraction of sp³-hybridized carbons (Fsp3) is 0.923. The van der Waals surface area contributed by atoms with E-state index in [0.29, 0.717) is 12.0 Å². The van der Waals surface area contributed by atoms with E-state index in [2.05, 4.69) is 20.8 Å². The van der Waals surface area contributed by atoms with Crippen molar-refractivity contribution in [3.8, 4) is 0 Å². The van der Waals surface area contributed by atoms with Gasteiger partial charge in [0.25, 0.3) is 0 Å². The normalized spacial score (nSPS) is 13.7. The van der Waals surface area contributed by atoms with Gasteiger partial charge in [0.05, 0.1) is 12.5 Å². The van der Waals surface area contributed by atoms with Crippen LogP contribution in [0.15, 0.2) is 0 Å². The van der Waals surface area contributed by atoms with Gasteiger partial charge in [0.1, 0.15) is 0 Å². The number of carbonyl (C=O) groups is 1. The largest absolute Gasteiger partial charge is 0.465 e. The fourth-order valence-electron chi connectivity index (χ4n) is 1.24. The average Bonchev–Trinajstić information content (AvgIpc) is 2.14. The highest BCUT2D eigenvalue weighted by molar-refractivity contribution is 5.71.